The van der Waals surface area contributed by atoms with Crippen molar-refractivity contribution in [3.63, 3.8) is 0 Å². The summed E-state index contributed by atoms with van der Waals surface area (Å²) >= 11 is 0. The first-order valence-electron chi connectivity index (χ1n) is 6.99. The largest absolute Gasteiger partial charge is 0.454 e. The third-order valence-corrected chi connectivity index (χ3v) is 5.38. The summed E-state index contributed by atoms with van der Waals surface area (Å²) in [6.07, 6.45) is 4.35. The van der Waals surface area contributed by atoms with Crippen LogP contribution in [0.25, 0.3) is 0 Å². The first kappa shape index (κ1) is 13.7. The number of ether oxygens (including phenoxy) is 2. The average molecular weight is 297 g/mol. The Morgan fingerprint density at radius 3 is 2.80 bits per heavy atom. The number of sulfonamides is 1. The maximum Gasteiger partial charge on any atom is 0.231 e. The van der Waals surface area contributed by atoms with Gasteiger partial charge in [-0.25, -0.2) is 13.1 Å². The van der Waals surface area contributed by atoms with E-state index in [1.54, 1.807) is 0 Å². The van der Waals surface area contributed by atoms with E-state index in [4.69, 9.17) is 9.47 Å². The molecule has 1 fully saturated rings. The van der Waals surface area contributed by atoms with Gasteiger partial charge in [0.25, 0.3) is 0 Å². The van der Waals surface area contributed by atoms with Crippen LogP contribution in [0.1, 0.15) is 31.2 Å². The zero-order valence-corrected chi connectivity index (χ0v) is 12.1. The van der Waals surface area contributed by atoms with E-state index in [0.29, 0.717) is 17.4 Å². The van der Waals surface area contributed by atoms with Crippen LogP contribution < -0.4 is 14.2 Å². The molecule has 0 radical (unpaired) electrons. The van der Waals surface area contributed by atoms with Crippen molar-refractivity contribution >= 4 is 10.0 Å². The van der Waals surface area contributed by atoms with E-state index >= 15 is 0 Å². The lowest BCUT2D eigenvalue weighted by molar-refractivity contribution is 0.173. The molecule has 5 nitrogen and oxygen atoms in total. The van der Waals surface area contributed by atoms with Gasteiger partial charge < -0.3 is 9.47 Å². The maximum atomic E-state index is 12.1. The number of fused-ring (bicyclic) bond motifs is 1. The van der Waals surface area contributed by atoms with Gasteiger partial charge in [-0.1, -0.05) is 25.0 Å². The Bertz CT molecular complexity index is 579. The molecule has 0 bridgehead atoms. The molecule has 0 amide bonds. The highest BCUT2D eigenvalue weighted by Gasteiger charge is 2.23. The lowest BCUT2D eigenvalue weighted by Crippen LogP contribution is -2.28. The molecule has 2 aliphatic rings. The van der Waals surface area contributed by atoms with Crippen LogP contribution in [0.2, 0.25) is 0 Å². The number of hydrogen-bond donors (Lipinski definition) is 1. The molecule has 0 saturated heterocycles. The molecule has 3 rings (SSSR count). The van der Waals surface area contributed by atoms with Crippen molar-refractivity contribution in [2.75, 3.05) is 12.5 Å². The molecule has 0 atom stereocenters. The van der Waals surface area contributed by atoms with Gasteiger partial charge in [-0.2, -0.15) is 0 Å². The number of para-hydroxylation sites is 1. The molecule has 1 aliphatic carbocycles. The summed E-state index contributed by atoms with van der Waals surface area (Å²) in [5.41, 5.74) is 0.815. The van der Waals surface area contributed by atoms with Gasteiger partial charge >= 0.3 is 0 Å². The molecule has 1 saturated carbocycles. The highest BCUT2D eigenvalue weighted by molar-refractivity contribution is 7.89. The van der Waals surface area contributed by atoms with Crippen molar-refractivity contribution < 1.29 is 17.9 Å². The Hall–Kier alpha value is -1.27. The minimum Gasteiger partial charge on any atom is -0.454 e. The van der Waals surface area contributed by atoms with E-state index in [2.05, 4.69) is 4.72 Å². The zero-order valence-electron chi connectivity index (χ0n) is 11.3. The fraction of sp³-hybridized carbons (Fsp3) is 0.571. The third-order valence-electron chi connectivity index (χ3n) is 3.89. The summed E-state index contributed by atoms with van der Waals surface area (Å²) in [6, 6.07) is 5.51. The summed E-state index contributed by atoms with van der Waals surface area (Å²) in [5.74, 6) is 1.88. The highest BCUT2D eigenvalue weighted by Crippen LogP contribution is 2.35. The number of hydrogen-bond acceptors (Lipinski definition) is 4. The molecule has 1 heterocycles. The molecule has 0 spiro atoms. The van der Waals surface area contributed by atoms with Crippen molar-refractivity contribution in [1.29, 1.82) is 0 Å². The van der Waals surface area contributed by atoms with Crippen LogP contribution >= 0.6 is 0 Å². The van der Waals surface area contributed by atoms with Crippen LogP contribution in [0.3, 0.4) is 0 Å². The summed E-state index contributed by atoms with van der Waals surface area (Å²) in [4.78, 5) is 0. The van der Waals surface area contributed by atoms with Crippen molar-refractivity contribution in [2.24, 2.45) is 5.92 Å². The van der Waals surface area contributed by atoms with Crippen LogP contribution in [-0.4, -0.2) is 21.0 Å². The van der Waals surface area contributed by atoms with Crippen LogP contribution in [0.15, 0.2) is 18.2 Å². The van der Waals surface area contributed by atoms with Crippen LogP contribution in [0.5, 0.6) is 11.5 Å². The van der Waals surface area contributed by atoms with Gasteiger partial charge in [0.15, 0.2) is 11.5 Å². The van der Waals surface area contributed by atoms with E-state index in [9.17, 15) is 8.42 Å². The zero-order chi connectivity index (χ0) is 14.0. The molecule has 0 unspecified atom stereocenters. The first-order chi connectivity index (χ1) is 9.64. The van der Waals surface area contributed by atoms with Gasteiger partial charge in [0, 0.05) is 12.1 Å². The smallest absolute Gasteiger partial charge is 0.231 e. The number of benzene rings is 1. The predicted molar refractivity (Wildman–Crippen MR) is 75.1 cm³/mol. The number of rotatable bonds is 5. The summed E-state index contributed by atoms with van der Waals surface area (Å²) < 4.78 is 37.5. The topological polar surface area (TPSA) is 64.6 Å². The molecule has 1 aromatic rings. The molecular formula is C14H19NO4S. The van der Waals surface area contributed by atoms with Crippen molar-refractivity contribution in [3.05, 3.63) is 23.8 Å². The van der Waals surface area contributed by atoms with Gasteiger partial charge in [0.1, 0.15) is 0 Å². The van der Waals surface area contributed by atoms with Gasteiger partial charge in [0.05, 0.1) is 5.75 Å². The average Bonchev–Trinajstić information content (AvgIpc) is 3.06. The van der Waals surface area contributed by atoms with Crippen molar-refractivity contribution in [2.45, 2.75) is 32.2 Å². The van der Waals surface area contributed by atoms with E-state index in [-0.39, 0.29) is 19.1 Å². The second kappa shape index (κ2) is 5.61. The van der Waals surface area contributed by atoms with E-state index in [1.165, 1.54) is 0 Å². The Balaban J connectivity index is 1.63. The normalized spacial score (nSPS) is 18.6. The minimum atomic E-state index is -3.23. The SMILES string of the molecule is O=S(=O)(CC1CCCC1)NCc1cccc2c1OCO2. The number of nitrogens with one attached hydrogen (secondary N) is 1. The van der Waals surface area contributed by atoms with E-state index in [1.807, 2.05) is 18.2 Å². The standard InChI is InChI=1S/C14H19NO4S/c16-20(17,9-11-4-1-2-5-11)15-8-12-6-3-7-13-14(12)19-10-18-13/h3,6-7,11,15H,1-2,4-5,8-10H2. The first-order valence-corrected chi connectivity index (χ1v) is 8.64. The Labute approximate surface area is 119 Å². The second-order valence-corrected chi connectivity index (χ2v) is 7.26. The lowest BCUT2D eigenvalue weighted by atomic mass is 10.1. The summed E-state index contributed by atoms with van der Waals surface area (Å²) in [7, 11) is -3.23. The van der Waals surface area contributed by atoms with Gasteiger partial charge in [-0.05, 0) is 24.8 Å². The Morgan fingerprint density at radius 1 is 1.20 bits per heavy atom. The van der Waals surface area contributed by atoms with E-state index in [0.717, 1.165) is 31.2 Å². The quantitative estimate of drug-likeness (QED) is 0.903. The molecule has 20 heavy (non-hydrogen) atoms. The third kappa shape index (κ3) is 3.07. The van der Waals surface area contributed by atoms with Crippen LogP contribution in [-0.2, 0) is 16.6 Å². The molecule has 1 aromatic carbocycles. The lowest BCUT2D eigenvalue weighted by Gasteiger charge is -2.12. The van der Waals surface area contributed by atoms with Gasteiger partial charge in [-0.3, -0.25) is 0 Å². The Kier molecular flexibility index (Phi) is 3.85. The fourth-order valence-corrected chi connectivity index (χ4v) is 4.31. The predicted octanol–water partition coefficient (Wildman–Crippen LogP) is 2.02. The van der Waals surface area contributed by atoms with Crippen LogP contribution in [0.4, 0.5) is 0 Å². The fourth-order valence-electron chi connectivity index (χ4n) is 2.86. The molecular weight excluding hydrogens is 278 g/mol. The molecule has 110 valence electrons. The van der Waals surface area contributed by atoms with Crippen LogP contribution in [0, 0.1) is 5.92 Å². The molecule has 6 heteroatoms. The maximum absolute atomic E-state index is 12.1. The van der Waals surface area contributed by atoms with Crippen molar-refractivity contribution in [3.8, 4) is 11.5 Å². The molecule has 0 aromatic heterocycles. The van der Waals surface area contributed by atoms with E-state index < -0.39 is 10.0 Å². The van der Waals surface area contributed by atoms with Gasteiger partial charge in [-0.15, -0.1) is 0 Å². The second-order valence-electron chi connectivity index (χ2n) is 5.40. The highest BCUT2D eigenvalue weighted by atomic mass is 32.2. The minimum absolute atomic E-state index is 0.196. The summed E-state index contributed by atoms with van der Waals surface area (Å²) in [6.45, 7) is 0.447. The van der Waals surface area contributed by atoms with Crippen molar-refractivity contribution in [1.82, 2.24) is 4.72 Å². The molecule has 1 aliphatic heterocycles. The van der Waals surface area contributed by atoms with Gasteiger partial charge in [0.2, 0.25) is 16.8 Å². The summed E-state index contributed by atoms with van der Waals surface area (Å²) in [5, 5.41) is 0. The monoisotopic (exact) mass is 297 g/mol. The molecule has 1 N–H and O–H groups in total. The Morgan fingerprint density at radius 2 is 2.00 bits per heavy atom.